The molecule has 1 saturated heterocycles. The van der Waals surface area contributed by atoms with Crippen LogP contribution < -0.4 is 19.3 Å². The lowest BCUT2D eigenvalue weighted by molar-refractivity contribution is 0.415. The van der Waals surface area contributed by atoms with Gasteiger partial charge < -0.3 is 19.3 Å². The lowest BCUT2D eigenvalue weighted by atomic mass is 10.3. The fourth-order valence-electron chi connectivity index (χ4n) is 3.40. The highest BCUT2D eigenvalue weighted by Crippen LogP contribution is 2.34. The van der Waals surface area contributed by atoms with Crippen molar-refractivity contribution in [2.75, 3.05) is 50.2 Å². The predicted octanol–water partition coefficient (Wildman–Crippen LogP) is 4.25. The smallest absolute Gasteiger partial charge is 0.186 e. The number of rotatable bonds is 4. The summed E-state index contributed by atoms with van der Waals surface area (Å²) in [6.45, 7) is 3.76. The highest BCUT2D eigenvalue weighted by molar-refractivity contribution is 7.22. The molecule has 1 aliphatic heterocycles. The van der Waals surface area contributed by atoms with Crippen LogP contribution in [-0.4, -0.2) is 50.4 Å². The first kappa shape index (κ1) is 17.5. The van der Waals surface area contributed by atoms with Crippen LogP contribution in [0.15, 0.2) is 36.4 Å². The topological polar surface area (TPSA) is 50.7 Å². The third-order valence-electron chi connectivity index (χ3n) is 4.99. The Kier molecular flexibility index (Phi) is 4.44. The number of ether oxygens (including phenoxy) is 2. The maximum Gasteiger partial charge on any atom is 0.186 e. The zero-order valence-corrected chi connectivity index (χ0v) is 17.3. The normalized spacial score (nSPS) is 14.8. The molecule has 5 rings (SSSR count). The standard InChI is InChI=1S/C20H20N4O2S2/c1-25-13-3-5-15-17(11-13)27-19(21-15)23-7-9-24(10-8-23)20-22-16-6-4-14(26-2)12-18(16)28-20/h3-6,11-12H,7-10H2,1-2H3. The van der Waals surface area contributed by atoms with Gasteiger partial charge in [-0.1, -0.05) is 22.7 Å². The average Bonchev–Trinajstić information content (AvgIpc) is 3.36. The quantitative estimate of drug-likeness (QED) is 0.499. The van der Waals surface area contributed by atoms with Gasteiger partial charge in [-0.3, -0.25) is 0 Å². The lowest BCUT2D eigenvalue weighted by Crippen LogP contribution is -2.46. The molecule has 0 unspecified atom stereocenters. The van der Waals surface area contributed by atoms with Crippen molar-refractivity contribution in [2.24, 2.45) is 0 Å². The van der Waals surface area contributed by atoms with Gasteiger partial charge in [0.2, 0.25) is 0 Å². The van der Waals surface area contributed by atoms with Crippen LogP contribution in [0.2, 0.25) is 0 Å². The number of nitrogens with zero attached hydrogens (tertiary/aromatic N) is 4. The van der Waals surface area contributed by atoms with E-state index in [9.17, 15) is 0 Å². The van der Waals surface area contributed by atoms with Crippen molar-refractivity contribution in [3.8, 4) is 11.5 Å². The van der Waals surface area contributed by atoms with Gasteiger partial charge >= 0.3 is 0 Å². The Morgan fingerprint density at radius 2 is 1.14 bits per heavy atom. The van der Waals surface area contributed by atoms with Crippen molar-refractivity contribution in [2.45, 2.75) is 0 Å². The first-order valence-electron chi connectivity index (χ1n) is 9.12. The average molecular weight is 413 g/mol. The van der Waals surface area contributed by atoms with Crippen LogP contribution in [0, 0.1) is 0 Å². The molecule has 144 valence electrons. The monoisotopic (exact) mass is 412 g/mol. The second-order valence-electron chi connectivity index (χ2n) is 6.63. The number of thiazole rings is 2. The van der Waals surface area contributed by atoms with E-state index in [0.717, 1.165) is 68.4 Å². The van der Waals surface area contributed by atoms with Crippen molar-refractivity contribution in [1.82, 2.24) is 9.97 Å². The van der Waals surface area contributed by atoms with E-state index >= 15 is 0 Å². The zero-order chi connectivity index (χ0) is 19.1. The molecule has 4 aromatic rings. The van der Waals surface area contributed by atoms with Gasteiger partial charge in [0.15, 0.2) is 10.3 Å². The molecule has 28 heavy (non-hydrogen) atoms. The van der Waals surface area contributed by atoms with Crippen molar-refractivity contribution < 1.29 is 9.47 Å². The van der Waals surface area contributed by atoms with E-state index in [2.05, 4.69) is 21.9 Å². The summed E-state index contributed by atoms with van der Waals surface area (Å²) in [4.78, 5) is 14.3. The summed E-state index contributed by atoms with van der Waals surface area (Å²) in [5.74, 6) is 1.75. The minimum absolute atomic E-state index is 0.875. The van der Waals surface area contributed by atoms with Crippen LogP contribution >= 0.6 is 22.7 Å². The van der Waals surface area contributed by atoms with Crippen LogP contribution in [0.1, 0.15) is 0 Å². The first-order valence-corrected chi connectivity index (χ1v) is 10.8. The molecule has 0 amide bonds. The molecule has 3 heterocycles. The number of anilines is 2. The van der Waals surface area contributed by atoms with Crippen molar-refractivity contribution in [3.05, 3.63) is 36.4 Å². The molecule has 2 aromatic carbocycles. The minimum atomic E-state index is 0.875. The highest BCUT2D eigenvalue weighted by atomic mass is 32.1. The molecule has 0 radical (unpaired) electrons. The van der Waals surface area contributed by atoms with E-state index in [4.69, 9.17) is 19.4 Å². The second kappa shape index (κ2) is 7.10. The Morgan fingerprint density at radius 1 is 0.714 bits per heavy atom. The summed E-state index contributed by atoms with van der Waals surface area (Å²) in [6, 6.07) is 12.1. The van der Waals surface area contributed by atoms with E-state index in [1.807, 2.05) is 24.3 Å². The maximum atomic E-state index is 5.32. The number of hydrogen-bond donors (Lipinski definition) is 0. The van der Waals surface area contributed by atoms with Gasteiger partial charge in [0.1, 0.15) is 11.5 Å². The van der Waals surface area contributed by atoms with Gasteiger partial charge in [-0.05, 0) is 36.4 Å². The molecule has 1 aliphatic rings. The number of piperazine rings is 1. The maximum absolute atomic E-state index is 5.32. The minimum Gasteiger partial charge on any atom is -0.497 e. The SMILES string of the molecule is COc1ccc2nc(N3CCN(c4nc5ccc(OC)cc5s4)CC3)sc2c1. The summed E-state index contributed by atoms with van der Waals surface area (Å²) >= 11 is 3.46. The van der Waals surface area contributed by atoms with Crippen molar-refractivity contribution >= 4 is 53.4 Å². The Bertz CT molecular complexity index is 1040. The second-order valence-corrected chi connectivity index (χ2v) is 8.65. The molecule has 0 bridgehead atoms. The van der Waals surface area contributed by atoms with Crippen molar-refractivity contribution in [3.63, 3.8) is 0 Å². The van der Waals surface area contributed by atoms with Crippen molar-refractivity contribution in [1.29, 1.82) is 0 Å². The number of methoxy groups -OCH3 is 2. The van der Waals surface area contributed by atoms with Gasteiger partial charge in [-0.25, -0.2) is 9.97 Å². The van der Waals surface area contributed by atoms with Gasteiger partial charge in [0.25, 0.3) is 0 Å². The molecule has 1 fully saturated rings. The van der Waals surface area contributed by atoms with E-state index < -0.39 is 0 Å². The fraction of sp³-hybridized carbons (Fsp3) is 0.300. The van der Waals surface area contributed by atoms with Gasteiger partial charge in [0, 0.05) is 26.2 Å². The molecule has 8 heteroatoms. The van der Waals surface area contributed by atoms with Gasteiger partial charge in [-0.15, -0.1) is 0 Å². The number of fused-ring (bicyclic) bond motifs is 2. The lowest BCUT2D eigenvalue weighted by Gasteiger charge is -2.34. The first-order chi connectivity index (χ1) is 13.7. The predicted molar refractivity (Wildman–Crippen MR) is 117 cm³/mol. The Hall–Kier alpha value is -2.58. The molecular formula is C20H20N4O2S2. The van der Waals surface area contributed by atoms with E-state index in [1.165, 1.54) is 0 Å². The Balaban J connectivity index is 1.32. The number of aromatic nitrogens is 2. The van der Waals surface area contributed by atoms with Gasteiger partial charge in [-0.2, -0.15) is 0 Å². The highest BCUT2D eigenvalue weighted by Gasteiger charge is 2.22. The van der Waals surface area contributed by atoms with Crippen LogP contribution in [0.4, 0.5) is 10.3 Å². The Morgan fingerprint density at radius 3 is 1.54 bits per heavy atom. The van der Waals surface area contributed by atoms with E-state index in [1.54, 1.807) is 36.9 Å². The zero-order valence-electron chi connectivity index (χ0n) is 15.7. The van der Waals surface area contributed by atoms with Crippen LogP contribution in [0.25, 0.3) is 20.4 Å². The molecule has 0 spiro atoms. The third kappa shape index (κ3) is 3.12. The summed E-state index contributed by atoms with van der Waals surface area (Å²) in [6.07, 6.45) is 0. The third-order valence-corrected chi connectivity index (χ3v) is 7.15. The molecule has 0 saturated carbocycles. The molecule has 0 N–H and O–H groups in total. The van der Waals surface area contributed by atoms with Crippen LogP contribution in [-0.2, 0) is 0 Å². The van der Waals surface area contributed by atoms with Gasteiger partial charge in [0.05, 0.1) is 34.7 Å². The molecule has 2 aromatic heterocycles. The number of benzene rings is 2. The summed E-state index contributed by atoms with van der Waals surface area (Å²) in [5.41, 5.74) is 2.06. The van der Waals surface area contributed by atoms with Crippen LogP contribution in [0.5, 0.6) is 11.5 Å². The van der Waals surface area contributed by atoms with E-state index in [-0.39, 0.29) is 0 Å². The summed E-state index contributed by atoms with van der Waals surface area (Å²) in [5, 5.41) is 2.16. The van der Waals surface area contributed by atoms with Crippen LogP contribution in [0.3, 0.4) is 0 Å². The number of hydrogen-bond acceptors (Lipinski definition) is 8. The molecular weight excluding hydrogens is 392 g/mol. The largest absolute Gasteiger partial charge is 0.497 e. The molecule has 6 nitrogen and oxygen atoms in total. The fourth-order valence-corrected chi connectivity index (χ4v) is 5.49. The summed E-state index contributed by atoms with van der Waals surface area (Å²) < 4.78 is 13.0. The molecule has 0 aliphatic carbocycles. The Labute approximate surface area is 171 Å². The van der Waals surface area contributed by atoms with E-state index in [0.29, 0.717) is 0 Å². The molecule has 0 atom stereocenters. The summed E-state index contributed by atoms with van der Waals surface area (Å²) in [7, 11) is 3.39.